The fraction of sp³-hybridized carbons (Fsp3) is 0.667. The highest BCUT2D eigenvalue weighted by Gasteiger charge is 2.39. The summed E-state index contributed by atoms with van der Waals surface area (Å²) in [6, 6.07) is 1.78. The maximum absolute atomic E-state index is 14.2. The number of anilines is 1. The number of carboxylic acids is 1. The van der Waals surface area contributed by atoms with Gasteiger partial charge in [-0.2, -0.15) is 0 Å². The van der Waals surface area contributed by atoms with Crippen molar-refractivity contribution in [2.75, 3.05) is 18.1 Å². The molecule has 1 aromatic rings. The molecule has 1 saturated carbocycles. The molecule has 1 aromatic heterocycles. The zero-order chi connectivity index (χ0) is 26.7. The van der Waals surface area contributed by atoms with Crippen molar-refractivity contribution in [1.82, 2.24) is 0 Å². The molecule has 3 aliphatic rings. The van der Waals surface area contributed by atoms with Crippen molar-refractivity contribution in [3.05, 3.63) is 27.5 Å². The minimum Gasteiger partial charge on any atom is -0.477 e. The van der Waals surface area contributed by atoms with Gasteiger partial charge in [-0.15, -0.1) is 11.3 Å². The molecule has 37 heavy (non-hydrogen) atoms. The van der Waals surface area contributed by atoms with E-state index in [1.807, 2.05) is 31.7 Å². The number of hydrogen-bond donors (Lipinski definition) is 1. The molecule has 0 radical (unpaired) electrons. The quantitative estimate of drug-likeness (QED) is 0.348. The van der Waals surface area contributed by atoms with Crippen LogP contribution in [0.5, 0.6) is 0 Å². The lowest BCUT2D eigenvalue weighted by Gasteiger charge is -2.40. The molecule has 1 N–H and O–H groups in total. The van der Waals surface area contributed by atoms with Crippen molar-refractivity contribution in [3.63, 3.8) is 0 Å². The van der Waals surface area contributed by atoms with Crippen molar-refractivity contribution >= 4 is 28.9 Å². The van der Waals surface area contributed by atoms with E-state index in [2.05, 4.69) is 31.8 Å². The van der Waals surface area contributed by atoms with Crippen LogP contribution in [0.2, 0.25) is 0 Å². The summed E-state index contributed by atoms with van der Waals surface area (Å²) in [7, 11) is 0. The van der Waals surface area contributed by atoms with Crippen molar-refractivity contribution in [2.24, 2.45) is 17.3 Å². The maximum Gasteiger partial charge on any atom is 0.348 e. The molecule has 2 aliphatic carbocycles. The highest BCUT2D eigenvalue weighted by molar-refractivity contribution is 7.15. The van der Waals surface area contributed by atoms with Gasteiger partial charge in [-0.3, -0.25) is 4.79 Å². The molecule has 3 atom stereocenters. The Hall–Kier alpha value is -2.14. The van der Waals surface area contributed by atoms with Gasteiger partial charge in [0.05, 0.1) is 29.4 Å². The Labute approximate surface area is 225 Å². The van der Waals surface area contributed by atoms with Crippen LogP contribution in [-0.4, -0.2) is 48.4 Å². The Kier molecular flexibility index (Phi) is 8.83. The summed E-state index contributed by atoms with van der Waals surface area (Å²) in [5.74, 6) is 5.47. The Morgan fingerprint density at radius 2 is 1.89 bits per heavy atom. The number of aromatic carboxylic acids is 1. The van der Waals surface area contributed by atoms with Crippen LogP contribution in [0.3, 0.4) is 0 Å². The molecule has 1 aliphatic heterocycles. The average molecular weight is 528 g/mol. The van der Waals surface area contributed by atoms with Crippen LogP contribution < -0.4 is 4.90 Å². The molecule has 0 spiro atoms. The third kappa shape index (κ3) is 7.04. The van der Waals surface area contributed by atoms with Crippen molar-refractivity contribution in [3.8, 4) is 11.8 Å². The van der Waals surface area contributed by atoms with E-state index in [9.17, 15) is 14.7 Å². The number of rotatable bonds is 6. The number of hydrogen-bond acceptors (Lipinski definition) is 5. The van der Waals surface area contributed by atoms with E-state index in [0.717, 1.165) is 45.1 Å². The number of allylic oxidation sites excluding steroid dienone is 2. The minimum atomic E-state index is -1.01. The van der Waals surface area contributed by atoms with E-state index in [1.54, 1.807) is 0 Å². The summed E-state index contributed by atoms with van der Waals surface area (Å²) in [4.78, 5) is 29.3. The Morgan fingerprint density at radius 1 is 1.16 bits per heavy atom. The molecule has 4 rings (SSSR count). The monoisotopic (exact) mass is 527 g/mol. The first kappa shape index (κ1) is 27.9. The molecule has 1 saturated heterocycles. The van der Waals surface area contributed by atoms with E-state index >= 15 is 0 Å². The lowest BCUT2D eigenvalue weighted by molar-refractivity contribution is -0.124. The fourth-order valence-electron chi connectivity index (χ4n) is 5.67. The number of carboxylic acid groups (broad SMARTS) is 1. The van der Waals surface area contributed by atoms with Crippen molar-refractivity contribution < 1.29 is 24.2 Å². The predicted octanol–water partition coefficient (Wildman–Crippen LogP) is 6.29. The number of carbonyl (C=O) groups excluding carboxylic acids is 1. The number of ether oxygens (including phenoxy) is 2. The molecule has 0 bridgehead atoms. The summed E-state index contributed by atoms with van der Waals surface area (Å²) in [6.07, 6.45) is 8.31. The SMILES string of the molecule is CC1=CC[C@@H](C(=O)N(c2cc(C#CC(C)(C)C)sc2C(=O)O)[C@H]2CC[C@H](O[C@H]3CCOC3)CC2)[C@H](C)C1. The van der Waals surface area contributed by atoms with Gasteiger partial charge < -0.3 is 19.5 Å². The van der Waals surface area contributed by atoms with E-state index in [0.29, 0.717) is 23.6 Å². The largest absolute Gasteiger partial charge is 0.477 e. The van der Waals surface area contributed by atoms with Gasteiger partial charge in [0, 0.05) is 24.0 Å². The summed E-state index contributed by atoms with van der Waals surface area (Å²) >= 11 is 1.17. The van der Waals surface area contributed by atoms with Crippen LogP contribution in [-0.2, 0) is 14.3 Å². The van der Waals surface area contributed by atoms with Crippen LogP contribution in [0.15, 0.2) is 17.7 Å². The fourth-order valence-corrected chi connectivity index (χ4v) is 6.51. The van der Waals surface area contributed by atoms with E-state index < -0.39 is 5.97 Å². The molecule has 202 valence electrons. The first-order valence-electron chi connectivity index (χ1n) is 13.6. The maximum atomic E-state index is 14.2. The Morgan fingerprint density at radius 3 is 2.49 bits per heavy atom. The lowest BCUT2D eigenvalue weighted by Crippen LogP contribution is -2.48. The minimum absolute atomic E-state index is 0.0421. The molecular formula is C30H41NO5S. The smallest absolute Gasteiger partial charge is 0.348 e. The van der Waals surface area contributed by atoms with Crippen LogP contribution in [0.4, 0.5) is 5.69 Å². The van der Waals surface area contributed by atoms with Gasteiger partial charge in [0.1, 0.15) is 4.88 Å². The van der Waals surface area contributed by atoms with Gasteiger partial charge in [-0.1, -0.05) is 30.4 Å². The van der Waals surface area contributed by atoms with Crippen LogP contribution >= 0.6 is 11.3 Å². The molecule has 0 unspecified atom stereocenters. The summed E-state index contributed by atoms with van der Waals surface area (Å²) in [5, 5.41) is 10.1. The Bertz CT molecular complexity index is 1070. The number of carbonyl (C=O) groups is 2. The Balaban J connectivity index is 1.63. The molecule has 1 amide bonds. The van der Waals surface area contributed by atoms with Crippen LogP contribution in [0.1, 0.15) is 94.1 Å². The normalized spacial score (nSPS) is 28.2. The molecule has 2 fully saturated rings. The van der Waals surface area contributed by atoms with Gasteiger partial charge in [-0.25, -0.2) is 4.79 Å². The molecule has 0 aromatic carbocycles. The third-order valence-electron chi connectivity index (χ3n) is 7.61. The second-order valence-electron chi connectivity index (χ2n) is 12.0. The van der Waals surface area contributed by atoms with Crippen LogP contribution in [0, 0.1) is 29.1 Å². The van der Waals surface area contributed by atoms with Gasteiger partial charge in [0.25, 0.3) is 0 Å². The van der Waals surface area contributed by atoms with Gasteiger partial charge in [0.15, 0.2) is 0 Å². The first-order chi connectivity index (χ1) is 17.5. The number of nitrogens with zero attached hydrogens (tertiary/aromatic N) is 1. The standard InChI is InChI=1S/C30H41NO5S/c1-19-6-11-25(20(2)16-19)28(32)31(21-7-9-22(10-8-21)36-23-13-15-35-18-23)26-17-24(12-14-30(3,4)5)37-27(26)29(33)34/h6,17,20-23,25H,7-11,13,15-16,18H2,1-5H3,(H,33,34)/t20-,21-,22-,23+,25-/m1/s1. The number of thiophene rings is 1. The van der Waals surface area contributed by atoms with Crippen molar-refractivity contribution in [1.29, 1.82) is 0 Å². The molecule has 6 nitrogen and oxygen atoms in total. The predicted molar refractivity (Wildman–Crippen MR) is 147 cm³/mol. The summed E-state index contributed by atoms with van der Waals surface area (Å²) in [5.41, 5.74) is 1.62. The van der Waals surface area contributed by atoms with Crippen molar-refractivity contribution in [2.45, 2.75) is 97.8 Å². The summed E-state index contributed by atoms with van der Waals surface area (Å²) in [6.45, 7) is 11.8. The second-order valence-corrected chi connectivity index (χ2v) is 13.0. The third-order valence-corrected chi connectivity index (χ3v) is 8.64. The summed E-state index contributed by atoms with van der Waals surface area (Å²) < 4.78 is 11.7. The van der Waals surface area contributed by atoms with E-state index in [-0.39, 0.29) is 46.3 Å². The van der Waals surface area contributed by atoms with Gasteiger partial charge in [0.2, 0.25) is 5.91 Å². The van der Waals surface area contributed by atoms with Gasteiger partial charge >= 0.3 is 5.97 Å². The number of amides is 1. The molecule has 7 heteroatoms. The van der Waals surface area contributed by atoms with Gasteiger partial charge in [-0.05, 0) is 84.6 Å². The molecular weight excluding hydrogens is 486 g/mol. The molecule has 2 heterocycles. The van der Waals surface area contributed by atoms with Crippen LogP contribution in [0.25, 0.3) is 0 Å². The zero-order valence-corrected chi connectivity index (χ0v) is 23.7. The highest BCUT2D eigenvalue weighted by Crippen LogP contribution is 2.39. The first-order valence-corrected chi connectivity index (χ1v) is 14.5. The second kappa shape index (κ2) is 11.7. The lowest BCUT2D eigenvalue weighted by atomic mass is 9.79. The average Bonchev–Trinajstić information content (AvgIpc) is 3.49. The zero-order valence-electron chi connectivity index (χ0n) is 22.8. The van der Waals surface area contributed by atoms with E-state index in [1.165, 1.54) is 16.9 Å². The topological polar surface area (TPSA) is 76.1 Å². The highest BCUT2D eigenvalue weighted by atomic mass is 32.1. The van der Waals surface area contributed by atoms with E-state index in [4.69, 9.17) is 9.47 Å².